The topological polar surface area (TPSA) is 63.9 Å². The summed E-state index contributed by atoms with van der Waals surface area (Å²) in [5, 5.41) is 2.55. The molecule has 1 rings (SSSR count). The van der Waals surface area contributed by atoms with Crippen LogP contribution in [0.4, 0.5) is 4.79 Å². The van der Waals surface area contributed by atoms with Crippen LogP contribution in [0.25, 0.3) is 0 Å². The molecule has 0 saturated carbocycles. The fourth-order valence-corrected chi connectivity index (χ4v) is 1.30. The second kappa shape index (κ2) is 5.85. The summed E-state index contributed by atoms with van der Waals surface area (Å²) < 4.78 is 4.10. The highest BCUT2D eigenvalue weighted by atomic mass is 16.2. The third kappa shape index (κ3) is 4.30. The highest BCUT2D eigenvalue weighted by molar-refractivity contribution is 5.71. The summed E-state index contributed by atoms with van der Waals surface area (Å²) in [6.07, 6.45) is 8.70. The largest absolute Gasteiger partial charge is 0.352 e. The van der Waals surface area contributed by atoms with Crippen LogP contribution in [-0.2, 0) is 13.1 Å². The smallest absolute Gasteiger partial charge is 0.312 e. The minimum Gasteiger partial charge on any atom is -0.352 e. The zero-order valence-electron chi connectivity index (χ0n) is 8.72. The van der Waals surface area contributed by atoms with Crippen molar-refractivity contribution < 1.29 is 9.36 Å². The minimum atomic E-state index is -0.468. The molecule has 0 fully saturated rings. The Balaban J connectivity index is 2.25. The Hall–Kier alpha value is -1.78. The first-order chi connectivity index (χ1) is 7.22. The van der Waals surface area contributed by atoms with Gasteiger partial charge in [0.2, 0.25) is 6.33 Å². The van der Waals surface area contributed by atoms with E-state index in [0.717, 1.165) is 19.5 Å². The van der Waals surface area contributed by atoms with Gasteiger partial charge < -0.3 is 11.1 Å². The molecule has 0 aliphatic heterocycles. The summed E-state index contributed by atoms with van der Waals surface area (Å²) >= 11 is 0. The zero-order valence-corrected chi connectivity index (χ0v) is 8.72. The molecular formula is C10H17N4O+. The first kappa shape index (κ1) is 11.3. The summed E-state index contributed by atoms with van der Waals surface area (Å²) in [6, 6.07) is -0.468. The number of aromatic nitrogens is 2. The molecule has 5 nitrogen and oxygen atoms in total. The summed E-state index contributed by atoms with van der Waals surface area (Å²) in [7, 11) is 0. The van der Waals surface area contributed by atoms with E-state index < -0.39 is 6.03 Å². The Kier molecular flexibility index (Phi) is 4.40. The minimum absolute atomic E-state index is 0.468. The quantitative estimate of drug-likeness (QED) is 0.387. The van der Waals surface area contributed by atoms with Crippen LogP contribution in [-0.4, -0.2) is 17.1 Å². The van der Waals surface area contributed by atoms with Crippen molar-refractivity contribution in [1.29, 1.82) is 0 Å². The fraction of sp³-hybridized carbons (Fsp3) is 0.400. The van der Waals surface area contributed by atoms with Gasteiger partial charge >= 0.3 is 6.03 Å². The first-order valence-electron chi connectivity index (χ1n) is 4.91. The molecule has 3 N–H and O–H groups in total. The second-order valence-electron chi connectivity index (χ2n) is 3.28. The number of nitrogens with one attached hydrogen (secondary N) is 1. The van der Waals surface area contributed by atoms with Gasteiger partial charge in [-0.1, -0.05) is 12.7 Å². The second-order valence-corrected chi connectivity index (χ2v) is 3.28. The number of aryl methyl sites for hydroxylation is 1. The number of primary amides is 1. The number of carbonyl (C=O) groups excluding carboxylic acids is 1. The summed E-state index contributed by atoms with van der Waals surface area (Å²) in [5.74, 6) is 0. The lowest BCUT2D eigenvalue weighted by Gasteiger charge is -1.98. The average molecular weight is 209 g/mol. The number of hydrogen-bond donors (Lipinski definition) is 2. The van der Waals surface area contributed by atoms with Crippen molar-refractivity contribution in [2.24, 2.45) is 5.73 Å². The van der Waals surface area contributed by atoms with Crippen LogP contribution in [0.3, 0.4) is 0 Å². The van der Waals surface area contributed by atoms with Crippen molar-refractivity contribution in [3.05, 3.63) is 31.4 Å². The van der Waals surface area contributed by atoms with Crippen molar-refractivity contribution in [3.63, 3.8) is 0 Å². The molecule has 0 aromatic carbocycles. The van der Waals surface area contributed by atoms with Crippen LogP contribution in [0.5, 0.6) is 0 Å². The van der Waals surface area contributed by atoms with Crippen LogP contribution in [0.1, 0.15) is 6.42 Å². The number of amides is 2. The van der Waals surface area contributed by atoms with E-state index in [1.165, 1.54) is 0 Å². The van der Waals surface area contributed by atoms with Crippen molar-refractivity contribution in [2.75, 3.05) is 6.54 Å². The average Bonchev–Trinajstić information content (AvgIpc) is 2.61. The van der Waals surface area contributed by atoms with Crippen molar-refractivity contribution in [1.82, 2.24) is 9.88 Å². The number of hydrogen-bond acceptors (Lipinski definition) is 1. The Labute approximate surface area is 89.2 Å². The van der Waals surface area contributed by atoms with E-state index in [9.17, 15) is 4.79 Å². The monoisotopic (exact) mass is 209 g/mol. The molecule has 82 valence electrons. The molecule has 0 unspecified atom stereocenters. The number of nitrogens with zero attached hydrogens (tertiary/aromatic N) is 2. The van der Waals surface area contributed by atoms with E-state index >= 15 is 0 Å². The van der Waals surface area contributed by atoms with E-state index in [1.54, 1.807) is 0 Å². The van der Waals surface area contributed by atoms with E-state index in [2.05, 4.69) is 16.5 Å². The van der Waals surface area contributed by atoms with Crippen LogP contribution in [0.15, 0.2) is 31.4 Å². The molecule has 1 aromatic rings. The molecule has 1 heterocycles. The predicted molar refractivity (Wildman–Crippen MR) is 57.0 cm³/mol. The van der Waals surface area contributed by atoms with Gasteiger partial charge in [0.1, 0.15) is 18.9 Å². The summed E-state index contributed by atoms with van der Waals surface area (Å²) in [5.41, 5.74) is 4.94. The van der Waals surface area contributed by atoms with Gasteiger partial charge in [-0.25, -0.2) is 13.9 Å². The van der Waals surface area contributed by atoms with E-state index in [4.69, 9.17) is 5.73 Å². The fourth-order valence-electron chi connectivity index (χ4n) is 1.30. The molecule has 0 saturated heterocycles. The van der Waals surface area contributed by atoms with Crippen molar-refractivity contribution >= 4 is 6.03 Å². The number of carbonyl (C=O) groups is 1. The van der Waals surface area contributed by atoms with Gasteiger partial charge in [0.15, 0.2) is 0 Å². The first-order valence-corrected chi connectivity index (χ1v) is 4.91. The molecule has 1 aromatic heterocycles. The molecule has 0 aliphatic rings. The zero-order chi connectivity index (χ0) is 11.1. The lowest BCUT2D eigenvalue weighted by atomic mass is 10.4. The molecule has 0 radical (unpaired) electrons. The van der Waals surface area contributed by atoms with Gasteiger partial charge in [0, 0.05) is 13.0 Å². The molecular weight excluding hydrogens is 192 g/mol. The standard InChI is InChI=1S/C10H16N4O/c1-2-5-13-7-8-14(9-13)6-3-4-12-10(11)15/h2,7-9H,1,3-6H2,(H2-,11,12,15)/p+1. The molecule has 0 bridgehead atoms. The Bertz CT molecular complexity index is 332. The van der Waals surface area contributed by atoms with Crippen LogP contribution in [0.2, 0.25) is 0 Å². The number of nitrogens with two attached hydrogens (primary N) is 1. The van der Waals surface area contributed by atoms with Crippen LogP contribution in [0, 0.1) is 0 Å². The number of allylic oxidation sites excluding steroid dienone is 1. The molecule has 15 heavy (non-hydrogen) atoms. The number of rotatable bonds is 6. The predicted octanol–water partition coefficient (Wildman–Crippen LogP) is 0.0200. The van der Waals surface area contributed by atoms with Gasteiger partial charge in [-0.3, -0.25) is 0 Å². The number of imidazole rings is 1. The maximum Gasteiger partial charge on any atom is 0.312 e. The lowest BCUT2D eigenvalue weighted by molar-refractivity contribution is -0.696. The van der Waals surface area contributed by atoms with E-state index in [-0.39, 0.29) is 0 Å². The highest BCUT2D eigenvalue weighted by Crippen LogP contribution is 1.86. The number of urea groups is 1. The molecule has 2 amide bonds. The normalized spacial score (nSPS) is 9.87. The molecule has 0 spiro atoms. The maximum atomic E-state index is 10.4. The van der Waals surface area contributed by atoms with Gasteiger partial charge in [-0.2, -0.15) is 0 Å². The Morgan fingerprint density at radius 1 is 1.67 bits per heavy atom. The van der Waals surface area contributed by atoms with Crippen LogP contribution < -0.4 is 15.6 Å². The van der Waals surface area contributed by atoms with Gasteiger partial charge in [-0.15, -0.1) is 0 Å². The van der Waals surface area contributed by atoms with Gasteiger partial charge in [0.05, 0.1) is 6.54 Å². The summed E-state index contributed by atoms with van der Waals surface area (Å²) in [4.78, 5) is 10.4. The van der Waals surface area contributed by atoms with Crippen molar-refractivity contribution in [2.45, 2.75) is 19.5 Å². The van der Waals surface area contributed by atoms with Gasteiger partial charge in [-0.05, 0) is 0 Å². The van der Waals surface area contributed by atoms with E-state index in [0.29, 0.717) is 6.54 Å². The third-order valence-corrected chi connectivity index (χ3v) is 1.98. The Morgan fingerprint density at radius 3 is 3.13 bits per heavy atom. The lowest BCUT2D eigenvalue weighted by Crippen LogP contribution is -2.35. The maximum absolute atomic E-state index is 10.4. The summed E-state index contributed by atoms with van der Waals surface area (Å²) in [6.45, 7) is 5.95. The van der Waals surface area contributed by atoms with Crippen molar-refractivity contribution in [3.8, 4) is 0 Å². The highest BCUT2D eigenvalue weighted by Gasteiger charge is 2.01. The molecule has 0 atom stereocenters. The molecule has 0 aliphatic carbocycles. The van der Waals surface area contributed by atoms with Crippen LogP contribution >= 0.6 is 0 Å². The van der Waals surface area contributed by atoms with E-state index in [1.807, 2.05) is 29.4 Å². The third-order valence-electron chi connectivity index (χ3n) is 1.98. The Morgan fingerprint density at radius 2 is 2.47 bits per heavy atom. The van der Waals surface area contributed by atoms with Gasteiger partial charge in [0.25, 0.3) is 0 Å². The molecule has 5 heteroatoms. The SMILES string of the molecule is C=CCn1cc[n+](CCCNC(N)=O)c1.